The first kappa shape index (κ1) is 21.5. The molecule has 2 aliphatic heterocycles. The van der Waals surface area contributed by atoms with Crippen LogP contribution in [0.15, 0.2) is 42.5 Å². The third-order valence-corrected chi connectivity index (χ3v) is 5.77. The predicted molar refractivity (Wildman–Crippen MR) is 117 cm³/mol. The number of ketones is 1. The minimum atomic E-state index is -0.775. The molecule has 2 aromatic rings. The summed E-state index contributed by atoms with van der Waals surface area (Å²) in [6, 6.07) is 10.7. The molecule has 2 saturated heterocycles. The van der Waals surface area contributed by atoms with Gasteiger partial charge < -0.3 is 14.5 Å². The largest absolute Gasteiger partial charge is 0.454 e. The van der Waals surface area contributed by atoms with Crippen LogP contribution in [0.4, 0.5) is 17.1 Å². The molecule has 2 heterocycles. The average molecular weight is 437 g/mol. The molecule has 1 amide bonds. The zero-order valence-electron chi connectivity index (χ0n) is 17.5. The fourth-order valence-electron chi connectivity index (χ4n) is 4.08. The molecule has 4 rings (SSSR count). The van der Waals surface area contributed by atoms with Crippen LogP contribution in [0, 0.1) is 10.1 Å². The maximum absolute atomic E-state index is 12.7. The highest BCUT2D eigenvalue weighted by Gasteiger charge is 2.25. The summed E-state index contributed by atoms with van der Waals surface area (Å²) in [5, 5.41) is 11.2. The summed E-state index contributed by atoms with van der Waals surface area (Å²) in [7, 11) is 0. The Morgan fingerprint density at radius 3 is 2.34 bits per heavy atom. The lowest BCUT2D eigenvalue weighted by Gasteiger charge is -2.20. The van der Waals surface area contributed by atoms with Crippen LogP contribution in [0.1, 0.15) is 46.4 Å². The second-order valence-corrected chi connectivity index (χ2v) is 7.85. The Bertz CT molecular complexity index is 1060. The summed E-state index contributed by atoms with van der Waals surface area (Å²) in [5.41, 5.74) is 1.53. The van der Waals surface area contributed by atoms with E-state index in [0.29, 0.717) is 24.2 Å². The molecule has 166 valence electrons. The average Bonchev–Trinajstić information content (AvgIpc) is 3.49. The van der Waals surface area contributed by atoms with Crippen molar-refractivity contribution in [2.45, 2.75) is 25.7 Å². The Hall–Kier alpha value is -3.75. The van der Waals surface area contributed by atoms with Crippen molar-refractivity contribution in [3.8, 4) is 0 Å². The summed E-state index contributed by atoms with van der Waals surface area (Å²) in [6.45, 7) is 1.68. The molecule has 2 fully saturated rings. The lowest BCUT2D eigenvalue weighted by Crippen LogP contribution is -2.23. The van der Waals surface area contributed by atoms with Crippen molar-refractivity contribution in [1.82, 2.24) is 0 Å². The minimum absolute atomic E-state index is 0.0590. The number of esters is 1. The van der Waals surface area contributed by atoms with Crippen LogP contribution < -0.4 is 9.80 Å². The molecule has 0 atom stereocenters. The molecule has 2 aliphatic rings. The highest BCUT2D eigenvalue weighted by Crippen LogP contribution is 2.29. The fourth-order valence-corrected chi connectivity index (χ4v) is 4.08. The van der Waals surface area contributed by atoms with Crippen LogP contribution in [0.2, 0.25) is 0 Å². The number of ether oxygens (including phenoxy) is 1. The van der Waals surface area contributed by atoms with E-state index in [1.54, 1.807) is 35.2 Å². The zero-order valence-corrected chi connectivity index (χ0v) is 17.5. The van der Waals surface area contributed by atoms with Gasteiger partial charge in [0.15, 0.2) is 12.4 Å². The molecule has 2 aromatic carbocycles. The van der Waals surface area contributed by atoms with Gasteiger partial charge in [0.2, 0.25) is 5.91 Å². The molecule has 32 heavy (non-hydrogen) atoms. The Balaban J connectivity index is 1.45. The molecule has 0 spiro atoms. The molecular formula is C23H23N3O6. The zero-order chi connectivity index (χ0) is 22.7. The number of anilines is 2. The quantitative estimate of drug-likeness (QED) is 0.283. The monoisotopic (exact) mass is 437 g/mol. The van der Waals surface area contributed by atoms with Crippen molar-refractivity contribution in [3.05, 3.63) is 63.7 Å². The Labute approximate surface area is 184 Å². The predicted octanol–water partition coefficient (Wildman–Crippen LogP) is 3.36. The van der Waals surface area contributed by atoms with Crippen molar-refractivity contribution >= 4 is 34.7 Å². The summed E-state index contributed by atoms with van der Waals surface area (Å²) in [6.07, 6.45) is 3.28. The molecule has 0 bridgehead atoms. The van der Waals surface area contributed by atoms with Crippen molar-refractivity contribution in [3.63, 3.8) is 0 Å². The molecule has 0 aliphatic carbocycles. The smallest absolute Gasteiger partial charge is 0.340 e. The van der Waals surface area contributed by atoms with Gasteiger partial charge in [0.1, 0.15) is 0 Å². The van der Waals surface area contributed by atoms with E-state index in [-0.39, 0.29) is 17.2 Å². The van der Waals surface area contributed by atoms with Gasteiger partial charge in [-0.25, -0.2) is 4.79 Å². The number of Topliss-reactive ketones (excluding diaryl/α,β-unsaturated/α-hetero) is 1. The second kappa shape index (κ2) is 9.17. The number of carbonyl (C=O) groups is 3. The molecule has 0 saturated carbocycles. The number of non-ortho nitro benzene ring substituents is 1. The van der Waals surface area contributed by atoms with Crippen LogP contribution in [0.3, 0.4) is 0 Å². The summed E-state index contributed by atoms with van der Waals surface area (Å²) in [4.78, 5) is 51.4. The van der Waals surface area contributed by atoms with Gasteiger partial charge in [-0.1, -0.05) is 0 Å². The summed E-state index contributed by atoms with van der Waals surface area (Å²) < 4.78 is 5.22. The van der Waals surface area contributed by atoms with Crippen molar-refractivity contribution < 1.29 is 24.0 Å². The normalized spacial score (nSPS) is 15.8. The van der Waals surface area contributed by atoms with E-state index in [1.807, 2.05) is 4.90 Å². The van der Waals surface area contributed by atoms with Crippen molar-refractivity contribution in [1.29, 1.82) is 0 Å². The van der Waals surface area contributed by atoms with E-state index in [4.69, 9.17) is 4.74 Å². The number of rotatable bonds is 7. The Kier molecular flexibility index (Phi) is 6.16. The van der Waals surface area contributed by atoms with E-state index in [2.05, 4.69) is 0 Å². The number of benzene rings is 2. The molecule has 9 heteroatoms. The summed E-state index contributed by atoms with van der Waals surface area (Å²) in [5.74, 6) is -1.11. The van der Waals surface area contributed by atoms with Gasteiger partial charge in [-0.2, -0.15) is 0 Å². The van der Waals surface area contributed by atoms with E-state index >= 15 is 0 Å². The SMILES string of the molecule is O=C(COC(=O)c1cc([N+](=O)[O-])ccc1N1CCCC1)c1ccc(N2CCCC2=O)cc1. The van der Waals surface area contributed by atoms with E-state index < -0.39 is 23.3 Å². The van der Waals surface area contributed by atoms with Gasteiger partial charge in [0.25, 0.3) is 5.69 Å². The topological polar surface area (TPSA) is 110 Å². The first-order valence-corrected chi connectivity index (χ1v) is 10.6. The summed E-state index contributed by atoms with van der Waals surface area (Å²) >= 11 is 0. The molecule has 0 aromatic heterocycles. The molecule has 0 radical (unpaired) electrons. The highest BCUT2D eigenvalue weighted by atomic mass is 16.6. The third kappa shape index (κ3) is 4.46. The molecule has 9 nitrogen and oxygen atoms in total. The second-order valence-electron chi connectivity index (χ2n) is 7.85. The molecule has 0 unspecified atom stereocenters. The van der Waals surface area contributed by atoms with Crippen LogP contribution in [0.25, 0.3) is 0 Å². The highest BCUT2D eigenvalue weighted by molar-refractivity contribution is 6.02. The fraction of sp³-hybridized carbons (Fsp3) is 0.348. The van der Waals surface area contributed by atoms with Crippen LogP contribution in [-0.2, 0) is 9.53 Å². The number of nitrogens with zero attached hydrogens (tertiary/aromatic N) is 3. The van der Waals surface area contributed by atoms with E-state index in [1.165, 1.54) is 12.1 Å². The number of amides is 1. The van der Waals surface area contributed by atoms with Gasteiger partial charge >= 0.3 is 5.97 Å². The Morgan fingerprint density at radius 2 is 1.72 bits per heavy atom. The first-order chi connectivity index (χ1) is 15.4. The molecular weight excluding hydrogens is 414 g/mol. The lowest BCUT2D eigenvalue weighted by molar-refractivity contribution is -0.384. The van der Waals surface area contributed by atoms with Crippen LogP contribution >= 0.6 is 0 Å². The lowest BCUT2D eigenvalue weighted by atomic mass is 10.1. The van der Waals surface area contributed by atoms with Gasteiger partial charge in [0.05, 0.1) is 16.2 Å². The standard InChI is InChI=1S/C23H23N3O6/c27-21(16-5-7-17(8-6-16)25-13-3-4-22(25)28)15-32-23(29)19-14-18(26(30)31)9-10-20(19)24-11-1-2-12-24/h5-10,14H,1-4,11-13,15H2. The number of nitro groups is 1. The minimum Gasteiger partial charge on any atom is -0.454 e. The number of hydrogen-bond acceptors (Lipinski definition) is 7. The number of hydrogen-bond donors (Lipinski definition) is 0. The number of carbonyl (C=O) groups excluding carboxylic acids is 3. The van der Waals surface area contributed by atoms with E-state index in [9.17, 15) is 24.5 Å². The van der Waals surface area contributed by atoms with Gasteiger partial charge in [-0.05, 0) is 49.6 Å². The third-order valence-electron chi connectivity index (χ3n) is 5.77. The number of nitro benzene ring substituents is 1. The van der Waals surface area contributed by atoms with E-state index in [0.717, 1.165) is 38.0 Å². The first-order valence-electron chi connectivity index (χ1n) is 10.6. The maximum atomic E-state index is 12.7. The van der Waals surface area contributed by atoms with Crippen molar-refractivity contribution in [2.75, 3.05) is 36.0 Å². The van der Waals surface area contributed by atoms with Crippen LogP contribution in [-0.4, -0.2) is 48.8 Å². The van der Waals surface area contributed by atoms with Gasteiger partial charge in [-0.3, -0.25) is 19.7 Å². The van der Waals surface area contributed by atoms with Crippen LogP contribution in [0.5, 0.6) is 0 Å². The van der Waals surface area contributed by atoms with Gasteiger partial charge in [-0.15, -0.1) is 0 Å². The van der Waals surface area contributed by atoms with Crippen molar-refractivity contribution in [2.24, 2.45) is 0 Å². The van der Waals surface area contributed by atoms with Gasteiger partial charge in [0, 0.05) is 49.4 Å². The molecule has 0 N–H and O–H groups in total. The maximum Gasteiger partial charge on any atom is 0.340 e. The Morgan fingerprint density at radius 1 is 1.00 bits per heavy atom.